The number of rotatable bonds is 10. The molecule has 0 aromatic heterocycles. The average Bonchev–Trinajstić information content (AvgIpc) is 3.68. The van der Waals surface area contributed by atoms with E-state index >= 15 is 4.39 Å². The molecule has 2 atom stereocenters. The number of carbonyl (C=O) groups is 1. The van der Waals surface area contributed by atoms with Crippen LogP contribution in [0.3, 0.4) is 0 Å². The molecular formula is C33H37FO4. The van der Waals surface area contributed by atoms with Crippen LogP contribution in [-0.2, 0) is 11.4 Å². The third-order valence-electron chi connectivity index (χ3n) is 8.49. The summed E-state index contributed by atoms with van der Waals surface area (Å²) in [4.78, 5) is 11.4. The van der Waals surface area contributed by atoms with Crippen LogP contribution in [0.5, 0.6) is 11.5 Å². The fourth-order valence-electron chi connectivity index (χ4n) is 6.22. The van der Waals surface area contributed by atoms with Gasteiger partial charge in [-0.3, -0.25) is 4.79 Å². The minimum atomic E-state index is -0.761. The number of hydrogen-bond donors (Lipinski definition) is 1. The first-order valence-corrected chi connectivity index (χ1v) is 13.7. The molecule has 0 spiro atoms. The van der Waals surface area contributed by atoms with Gasteiger partial charge in [0, 0.05) is 5.56 Å². The third kappa shape index (κ3) is 5.72. The first-order chi connectivity index (χ1) is 18.2. The second-order valence-electron chi connectivity index (χ2n) is 11.6. The van der Waals surface area contributed by atoms with Crippen molar-refractivity contribution in [2.75, 3.05) is 7.11 Å². The number of benzene rings is 3. The van der Waals surface area contributed by atoms with Crippen LogP contribution < -0.4 is 9.47 Å². The van der Waals surface area contributed by atoms with Gasteiger partial charge in [-0.25, -0.2) is 4.39 Å². The van der Waals surface area contributed by atoms with Crippen molar-refractivity contribution in [3.8, 4) is 22.6 Å². The van der Waals surface area contributed by atoms with E-state index < -0.39 is 5.97 Å². The van der Waals surface area contributed by atoms with Crippen molar-refractivity contribution >= 4 is 5.97 Å². The van der Waals surface area contributed by atoms with Gasteiger partial charge in [0.1, 0.15) is 23.9 Å². The Morgan fingerprint density at radius 1 is 1.03 bits per heavy atom. The van der Waals surface area contributed by atoms with Crippen LogP contribution in [0, 0.1) is 17.2 Å². The van der Waals surface area contributed by atoms with Crippen molar-refractivity contribution < 1.29 is 23.8 Å². The van der Waals surface area contributed by atoms with Crippen LogP contribution in [0.25, 0.3) is 11.1 Å². The minimum absolute atomic E-state index is 0.0318. The summed E-state index contributed by atoms with van der Waals surface area (Å²) < 4.78 is 26.7. The van der Waals surface area contributed by atoms with Crippen molar-refractivity contribution in [1.29, 1.82) is 0 Å². The highest BCUT2D eigenvalue weighted by atomic mass is 19.1. The molecule has 0 radical (unpaired) electrons. The molecule has 1 N–H and O–H groups in total. The van der Waals surface area contributed by atoms with Gasteiger partial charge in [-0.2, -0.15) is 0 Å². The molecule has 0 aliphatic heterocycles. The van der Waals surface area contributed by atoms with Crippen molar-refractivity contribution in [2.24, 2.45) is 11.3 Å². The molecule has 0 amide bonds. The first kappa shape index (κ1) is 26.3. The molecule has 3 aromatic carbocycles. The summed E-state index contributed by atoms with van der Waals surface area (Å²) in [5, 5.41) is 9.39. The van der Waals surface area contributed by atoms with E-state index in [0.717, 1.165) is 60.1 Å². The van der Waals surface area contributed by atoms with E-state index in [9.17, 15) is 9.90 Å². The van der Waals surface area contributed by atoms with Gasteiger partial charge in [0.15, 0.2) is 0 Å². The molecule has 2 aliphatic rings. The van der Waals surface area contributed by atoms with Gasteiger partial charge in [-0.15, -0.1) is 0 Å². The average molecular weight is 517 g/mol. The Hall–Kier alpha value is -3.34. The molecule has 0 unspecified atom stereocenters. The lowest BCUT2D eigenvalue weighted by atomic mass is 9.75. The van der Waals surface area contributed by atoms with E-state index in [2.05, 4.69) is 19.9 Å². The first-order valence-electron chi connectivity index (χ1n) is 13.7. The van der Waals surface area contributed by atoms with Crippen molar-refractivity contribution in [3.63, 3.8) is 0 Å². The maximum Gasteiger partial charge on any atom is 0.303 e. The van der Waals surface area contributed by atoms with Crippen molar-refractivity contribution in [3.05, 3.63) is 83.2 Å². The van der Waals surface area contributed by atoms with Crippen molar-refractivity contribution in [2.45, 2.75) is 70.8 Å². The highest BCUT2D eigenvalue weighted by molar-refractivity contribution is 5.71. The molecule has 0 heterocycles. The molecule has 2 aliphatic carbocycles. The maximum absolute atomic E-state index is 15.0. The van der Waals surface area contributed by atoms with Gasteiger partial charge in [0.25, 0.3) is 0 Å². The third-order valence-corrected chi connectivity index (χ3v) is 8.49. The second kappa shape index (κ2) is 10.8. The quantitative estimate of drug-likeness (QED) is 0.294. The van der Waals surface area contributed by atoms with E-state index in [1.807, 2.05) is 36.4 Å². The second-order valence-corrected chi connectivity index (χ2v) is 11.6. The van der Waals surface area contributed by atoms with E-state index in [4.69, 9.17) is 9.47 Å². The zero-order valence-corrected chi connectivity index (χ0v) is 22.5. The molecule has 38 heavy (non-hydrogen) atoms. The van der Waals surface area contributed by atoms with Crippen LogP contribution in [0.1, 0.15) is 80.9 Å². The van der Waals surface area contributed by atoms with Gasteiger partial charge < -0.3 is 14.6 Å². The SMILES string of the molecule is COc1ccc(F)c(-c2ccc(COc3cccc([C@H](CC(=O)O)C4CC4)c3)cc2[C@@H]2CCCC2(C)C)c1. The van der Waals surface area contributed by atoms with E-state index in [0.29, 0.717) is 29.8 Å². The summed E-state index contributed by atoms with van der Waals surface area (Å²) in [5.41, 5.74) is 4.82. The molecule has 5 rings (SSSR count). The van der Waals surface area contributed by atoms with Gasteiger partial charge in [-0.1, -0.05) is 50.6 Å². The Labute approximate surface area is 224 Å². The molecule has 200 valence electrons. The Kier molecular flexibility index (Phi) is 7.47. The Balaban J connectivity index is 1.43. The Morgan fingerprint density at radius 2 is 1.84 bits per heavy atom. The number of carboxylic acids is 1. The highest BCUT2D eigenvalue weighted by Crippen LogP contribution is 2.51. The molecule has 0 saturated heterocycles. The zero-order valence-electron chi connectivity index (χ0n) is 22.5. The Morgan fingerprint density at radius 3 is 2.53 bits per heavy atom. The smallest absolute Gasteiger partial charge is 0.303 e. The monoisotopic (exact) mass is 516 g/mol. The number of halogens is 1. The lowest BCUT2D eigenvalue weighted by molar-refractivity contribution is -0.137. The number of carboxylic acid groups (broad SMARTS) is 1. The molecule has 2 saturated carbocycles. The topological polar surface area (TPSA) is 55.8 Å². The van der Waals surface area contributed by atoms with Gasteiger partial charge >= 0.3 is 5.97 Å². The van der Waals surface area contributed by atoms with Gasteiger partial charge in [0.2, 0.25) is 0 Å². The van der Waals surface area contributed by atoms with E-state index in [1.165, 1.54) is 6.07 Å². The van der Waals surface area contributed by atoms with Crippen LogP contribution in [-0.4, -0.2) is 18.2 Å². The predicted molar refractivity (Wildman–Crippen MR) is 147 cm³/mol. The summed E-state index contributed by atoms with van der Waals surface area (Å²) in [6.45, 7) is 4.99. The lowest BCUT2D eigenvalue weighted by Gasteiger charge is -2.30. The molecule has 0 bridgehead atoms. The summed E-state index contributed by atoms with van der Waals surface area (Å²) in [6, 6.07) is 19.0. The minimum Gasteiger partial charge on any atom is -0.497 e. The normalized spacial score (nSPS) is 19.2. The molecule has 3 aromatic rings. The summed E-state index contributed by atoms with van der Waals surface area (Å²) in [5.74, 6) is 1.16. The van der Waals surface area contributed by atoms with Crippen LogP contribution in [0.4, 0.5) is 4.39 Å². The fraction of sp³-hybridized carbons (Fsp3) is 0.424. The summed E-state index contributed by atoms with van der Waals surface area (Å²) in [7, 11) is 1.60. The zero-order chi connectivity index (χ0) is 26.9. The largest absolute Gasteiger partial charge is 0.497 e. The van der Waals surface area contributed by atoms with Crippen molar-refractivity contribution in [1.82, 2.24) is 0 Å². The number of hydrogen-bond acceptors (Lipinski definition) is 3. The van der Waals surface area contributed by atoms with Gasteiger partial charge in [-0.05, 0) is 101 Å². The Bertz CT molecular complexity index is 1310. The van der Waals surface area contributed by atoms with Crippen LogP contribution >= 0.6 is 0 Å². The number of methoxy groups -OCH3 is 1. The van der Waals surface area contributed by atoms with E-state index in [-0.39, 0.29) is 23.6 Å². The van der Waals surface area contributed by atoms with Crippen LogP contribution in [0.2, 0.25) is 0 Å². The number of ether oxygens (including phenoxy) is 2. The molecular weight excluding hydrogens is 479 g/mol. The number of aliphatic carboxylic acids is 1. The maximum atomic E-state index is 15.0. The standard InChI is InChI=1S/C33H37FO4/c1-33(2)15-5-8-30(33)28-16-21(9-13-26(28)29-18-24(37-3)12-14-31(29)34)20-38-25-7-4-6-23(17-25)27(19-32(35)36)22-10-11-22/h4,6-7,9,12-14,16-18,22,27,30H,5,8,10-11,15,19-20H2,1-3H3,(H,35,36)/t27-,30+/m1/s1. The summed E-state index contributed by atoms with van der Waals surface area (Å²) >= 11 is 0. The predicted octanol–water partition coefficient (Wildman–Crippen LogP) is 8.34. The van der Waals surface area contributed by atoms with Crippen LogP contribution in [0.15, 0.2) is 60.7 Å². The highest BCUT2D eigenvalue weighted by Gasteiger charge is 2.37. The van der Waals surface area contributed by atoms with E-state index in [1.54, 1.807) is 19.2 Å². The van der Waals surface area contributed by atoms with Gasteiger partial charge in [0.05, 0.1) is 13.5 Å². The summed E-state index contributed by atoms with van der Waals surface area (Å²) in [6.07, 6.45) is 5.70. The molecule has 4 nitrogen and oxygen atoms in total. The molecule has 2 fully saturated rings. The lowest BCUT2D eigenvalue weighted by Crippen LogP contribution is -2.17. The fourth-order valence-corrected chi connectivity index (χ4v) is 6.22. The molecule has 5 heteroatoms.